The van der Waals surface area contributed by atoms with Crippen LogP contribution in [0.2, 0.25) is 0 Å². The van der Waals surface area contributed by atoms with Gasteiger partial charge in [0.1, 0.15) is 35.1 Å². The standard InChI is InChI=1S/C23H21FN8O2/c1-11-14-7-12(24)5-6-13(14)20-29-22(33)23(2,3)32(20)10-16-18(17(8-25)31(4)30-16)15-9-27-19(26)21(28-15)34-11/h5-7,9,11H,10H2,1-4H3,(H2,26,27). The van der Waals surface area contributed by atoms with E-state index >= 15 is 0 Å². The maximum atomic E-state index is 14.3. The Balaban J connectivity index is 1.83. The van der Waals surface area contributed by atoms with Crippen molar-refractivity contribution in [1.29, 1.82) is 5.26 Å². The van der Waals surface area contributed by atoms with Gasteiger partial charge in [-0.1, -0.05) is 0 Å². The van der Waals surface area contributed by atoms with Crippen molar-refractivity contribution in [3.05, 3.63) is 52.7 Å². The number of aliphatic imine (C=N–C) groups is 1. The number of rotatable bonds is 0. The fourth-order valence-electron chi connectivity index (χ4n) is 4.28. The molecule has 172 valence electrons. The maximum Gasteiger partial charge on any atom is 0.272 e. The van der Waals surface area contributed by atoms with Gasteiger partial charge in [0.15, 0.2) is 5.82 Å². The summed E-state index contributed by atoms with van der Waals surface area (Å²) in [5.74, 6) is -0.343. The van der Waals surface area contributed by atoms with E-state index in [1.54, 1.807) is 38.8 Å². The molecule has 1 amide bonds. The van der Waals surface area contributed by atoms with E-state index in [0.29, 0.717) is 33.9 Å². The van der Waals surface area contributed by atoms with E-state index in [2.05, 4.69) is 26.1 Å². The number of halogens is 1. The second-order valence-corrected chi connectivity index (χ2v) is 8.73. The Kier molecular flexibility index (Phi) is 4.65. The lowest BCUT2D eigenvalue weighted by atomic mass is 9.98. The van der Waals surface area contributed by atoms with E-state index in [-0.39, 0.29) is 29.8 Å². The minimum atomic E-state index is -1.01. The Morgan fingerprint density at radius 3 is 2.85 bits per heavy atom. The van der Waals surface area contributed by atoms with Crippen molar-refractivity contribution in [2.75, 3.05) is 5.73 Å². The number of benzene rings is 1. The van der Waals surface area contributed by atoms with Crippen molar-refractivity contribution in [2.45, 2.75) is 39.0 Å². The summed E-state index contributed by atoms with van der Waals surface area (Å²) >= 11 is 0. The van der Waals surface area contributed by atoms with Crippen molar-refractivity contribution < 1.29 is 13.9 Å². The van der Waals surface area contributed by atoms with Crippen molar-refractivity contribution in [2.24, 2.45) is 12.0 Å². The Morgan fingerprint density at radius 2 is 2.12 bits per heavy atom. The van der Waals surface area contributed by atoms with Crippen LogP contribution in [-0.4, -0.2) is 41.9 Å². The van der Waals surface area contributed by atoms with E-state index in [1.165, 1.54) is 23.0 Å². The van der Waals surface area contributed by atoms with Gasteiger partial charge >= 0.3 is 0 Å². The maximum absolute atomic E-state index is 14.3. The molecule has 1 aromatic carbocycles. The van der Waals surface area contributed by atoms with Gasteiger partial charge in [0.2, 0.25) is 0 Å². The van der Waals surface area contributed by atoms with Gasteiger partial charge in [-0.3, -0.25) is 9.48 Å². The van der Waals surface area contributed by atoms with Crippen LogP contribution in [-0.2, 0) is 18.4 Å². The number of fused-ring (bicyclic) bond motifs is 7. The second-order valence-electron chi connectivity index (χ2n) is 8.73. The van der Waals surface area contributed by atoms with Crippen LogP contribution in [0.15, 0.2) is 29.4 Å². The van der Waals surface area contributed by atoms with E-state index in [4.69, 9.17) is 10.5 Å². The van der Waals surface area contributed by atoms with Crippen LogP contribution in [0.25, 0.3) is 11.3 Å². The summed E-state index contributed by atoms with van der Waals surface area (Å²) in [5.41, 5.74) is 7.61. The first-order valence-electron chi connectivity index (χ1n) is 10.6. The number of nitriles is 1. The largest absolute Gasteiger partial charge is 0.467 e. The lowest BCUT2D eigenvalue weighted by molar-refractivity contribution is -0.124. The van der Waals surface area contributed by atoms with Gasteiger partial charge in [-0.05, 0) is 39.0 Å². The average Bonchev–Trinajstić information content (AvgIpc) is 3.22. The van der Waals surface area contributed by atoms with Gasteiger partial charge in [-0.15, -0.1) is 0 Å². The quantitative estimate of drug-likeness (QED) is 0.541. The second kappa shape index (κ2) is 7.34. The lowest BCUT2D eigenvalue weighted by Gasteiger charge is -2.33. The van der Waals surface area contributed by atoms with E-state index in [1.807, 2.05) is 0 Å². The van der Waals surface area contributed by atoms with E-state index < -0.39 is 17.5 Å². The summed E-state index contributed by atoms with van der Waals surface area (Å²) in [6.07, 6.45) is 0.743. The molecule has 10 nitrogen and oxygen atoms in total. The number of nitrogen functional groups attached to an aromatic ring is 1. The van der Waals surface area contributed by atoms with Crippen LogP contribution < -0.4 is 10.5 Å². The molecule has 1 atom stereocenters. The Morgan fingerprint density at radius 1 is 1.35 bits per heavy atom. The molecule has 4 heterocycles. The first-order valence-corrected chi connectivity index (χ1v) is 10.6. The van der Waals surface area contributed by atoms with Crippen LogP contribution in [0.5, 0.6) is 5.88 Å². The third-order valence-electron chi connectivity index (χ3n) is 6.20. The van der Waals surface area contributed by atoms with Crippen LogP contribution >= 0.6 is 0 Å². The molecule has 2 aliphatic rings. The summed E-state index contributed by atoms with van der Waals surface area (Å²) in [5, 5.41) is 14.4. The number of aromatic nitrogens is 4. The zero-order chi connectivity index (χ0) is 24.4. The predicted octanol–water partition coefficient (Wildman–Crippen LogP) is 2.49. The van der Waals surface area contributed by atoms with Gasteiger partial charge in [-0.2, -0.15) is 15.4 Å². The predicted molar refractivity (Wildman–Crippen MR) is 120 cm³/mol. The van der Waals surface area contributed by atoms with Gasteiger partial charge in [0.25, 0.3) is 11.8 Å². The van der Waals surface area contributed by atoms with Crippen LogP contribution in [0, 0.1) is 17.1 Å². The van der Waals surface area contributed by atoms with Crippen molar-refractivity contribution >= 4 is 17.6 Å². The Labute approximate surface area is 194 Å². The van der Waals surface area contributed by atoms with E-state index in [0.717, 1.165) is 0 Å². The molecule has 2 bridgehead atoms. The number of carbonyl (C=O) groups excluding carboxylic acids is 1. The highest BCUT2D eigenvalue weighted by atomic mass is 19.1. The molecule has 1 unspecified atom stereocenters. The van der Waals surface area contributed by atoms with Crippen LogP contribution in [0.4, 0.5) is 10.2 Å². The number of ether oxygens (including phenoxy) is 1. The molecular weight excluding hydrogens is 439 g/mol. The lowest BCUT2D eigenvalue weighted by Crippen LogP contribution is -2.47. The number of amidine groups is 1. The summed E-state index contributed by atoms with van der Waals surface area (Å²) in [4.78, 5) is 27.8. The van der Waals surface area contributed by atoms with Gasteiger partial charge < -0.3 is 15.4 Å². The molecule has 0 aliphatic carbocycles. The number of nitrogens with zero attached hydrogens (tertiary/aromatic N) is 7. The normalized spacial score (nSPS) is 18.5. The fourth-order valence-corrected chi connectivity index (χ4v) is 4.28. The number of hydrogen-bond acceptors (Lipinski definition) is 8. The SMILES string of the molecule is CC1Oc2nc(cnc2N)-c2c(nn(C)c2C#N)CN2C(=NC(=O)C2(C)C)c2ccc(F)cc21. The smallest absolute Gasteiger partial charge is 0.272 e. The van der Waals surface area contributed by atoms with Gasteiger partial charge in [0.05, 0.1) is 29.7 Å². The number of aryl methyl sites for hydroxylation is 1. The molecule has 0 fully saturated rings. The molecule has 5 rings (SSSR count). The molecular formula is C23H21FN8O2. The number of anilines is 1. The first kappa shape index (κ1) is 21.5. The summed E-state index contributed by atoms with van der Waals surface area (Å²) in [6.45, 7) is 5.39. The molecule has 34 heavy (non-hydrogen) atoms. The number of amides is 1. The Bertz CT molecular complexity index is 1440. The zero-order valence-corrected chi connectivity index (χ0v) is 19.0. The summed E-state index contributed by atoms with van der Waals surface area (Å²) in [6, 6.07) is 6.39. The number of nitrogens with two attached hydrogens (primary N) is 1. The van der Waals surface area contributed by atoms with Crippen LogP contribution in [0.3, 0.4) is 0 Å². The Hall–Kier alpha value is -4.33. The number of hydrogen-bond donors (Lipinski definition) is 1. The first-order chi connectivity index (χ1) is 16.1. The van der Waals surface area contributed by atoms with Crippen molar-refractivity contribution in [1.82, 2.24) is 24.6 Å². The molecule has 3 aromatic rings. The molecule has 2 N–H and O–H groups in total. The molecule has 2 aliphatic heterocycles. The highest BCUT2D eigenvalue weighted by Crippen LogP contribution is 2.37. The highest BCUT2D eigenvalue weighted by molar-refractivity contribution is 6.14. The van der Waals surface area contributed by atoms with Crippen molar-refractivity contribution in [3.63, 3.8) is 0 Å². The summed E-state index contributed by atoms with van der Waals surface area (Å²) in [7, 11) is 1.65. The third kappa shape index (κ3) is 3.10. The van der Waals surface area contributed by atoms with Gasteiger partial charge in [0, 0.05) is 18.2 Å². The average molecular weight is 460 g/mol. The van der Waals surface area contributed by atoms with E-state index in [9.17, 15) is 14.4 Å². The molecule has 0 saturated carbocycles. The summed E-state index contributed by atoms with van der Waals surface area (Å²) < 4.78 is 21.8. The van der Waals surface area contributed by atoms with Crippen LogP contribution in [0.1, 0.15) is 49.4 Å². The topological polar surface area (TPSA) is 135 Å². The minimum Gasteiger partial charge on any atom is -0.467 e. The number of carbonyl (C=O) groups is 1. The zero-order valence-electron chi connectivity index (χ0n) is 19.0. The monoisotopic (exact) mass is 460 g/mol. The van der Waals surface area contributed by atoms with Crippen molar-refractivity contribution in [3.8, 4) is 23.2 Å². The minimum absolute atomic E-state index is 0.0427. The molecule has 0 radical (unpaired) electrons. The third-order valence-corrected chi connectivity index (χ3v) is 6.20. The molecule has 11 heteroatoms. The highest BCUT2D eigenvalue weighted by Gasteiger charge is 2.44. The van der Waals surface area contributed by atoms with Gasteiger partial charge in [-0.25, -0.2) is 14.4 Å². The molecule has 0 saturated heterocycles. The molecule has 0 spiro atoms. The fraction of sp³-hybridized carbons (Fsp3) is 0.304. The molecule has 2 aromatic heterocycles.